The molecule has 1 amide bonds. The molecule has 1 saturated carbocycles. The minimum atomic E-state index is -4.08. The minimum absolute atomic E-state index is 0.0186. The summed E-state index contributed by atoms with van der Waals surface area (Å²) >= 11 is 0.690. The summed E-state index contributed by atoms with van der Waals surface area (Å²) in [6, 6.07) is 6.56. The van der Waals surface area contributed by atoms with Crippen molar-refractivity contribution in [3.63, 3.8) is 0 Å². The molecule has 0 spiro atoms. The molecule has 224 valence electrons. The third-order valence-corrected chi connectivity index (χ3v) is 10.9. The van der Waals surface area contributed by atoms with Crippen molar-refractivity contribution in [2.75, 3.05) is 26.3 Å². The Labute approximate surface area is 248 Å². The van der Waals surface area contributed by atoms with Crippen LogP contribution in [-0.4, -0.2) is 75.8 Å². The zero-order chi connectivity index (χ0) is 29.9. The van der Waals surface area contributed by atoms with Crippen LogP contribution in [-0.2, 0) is 19.6 Å². The Morgan fingerprint density at radius 3 is 2.63 bits per heavy atom. The van der Waals surface area contributed by atoms with E-state index >= 15 is 0 Å². The lowest BCUT2D eigenvalue weighted by molar-refractivity contribution is -0.136. The van der Waals surface area contributed by atoms with Crippen LogP contribution < -0.4 is 4.72 Å². The second kappa shape index (κ2) is 10.5. The Hall–Kier alpha value is -3.65. The van der Waals surface area contributed by atoms with E-state index in [0.29, 0.717) is 85.3 Å². The lowest BCUT2D eigenvalue weighted by Gasteiger charge is -2.33. The molecule has 2 saturated heterocycles. The third kappa shape index (κ3) is 4.93. The average Bonchev–Trinajstić information content (AvgIpc) is 3.39. The molecular weight excluding hydrogens is 602 g/mol. The quantitative estimate of drug-likeness (QED) is 0.324. The highest BCUT2D eigenvalue weighted by atomic mass is 32.2. The number of hydrogen-bond donors (Lipinski definition) is 1. The number of fused-ring (bicyclic) bond motifs is 3. The van der Waals surface area contributed by atoms with Gasteiger partial charge in [0.25, 0.3) is 6.43 Å². The van der Waals surface area contributed by atoms with E-state index in [2.05, 4.69) is 24.9 Å². The van der Waals surface area contributed by atoms with Crippen molar-refractivity contribution < 1.29 is 26.7 Å². The number of amides is 1. The van der Waals surface area contributed by atoms with E-state index in [-0.39, 0.29) is 27.8 Å². The highest BCUT2D eigenvalue weighted by Crippen LogP contribution is 2.41. The van der Waals surface area contributed by atoms with Crippen molar-refractivity contribution >= 4 is 49.2 Å². The van der Waals surface area contributed by atoms with E-state index in [4.69, 9.17) is 4.74 Å². The first-order valence-electron chi connectivity index (χ1n) is 13.9. The molecule has 1 aromatic carbocycles. The van der Waals surface area contributed by atoms with Crippen LogP contribution in [0.4, 0.5) is 8.78 Å². The summed E-state index contributed by atoms with van der Waals surface area (Å²) in [4.78, 5) is 23.9. The second-order valence-corrected chi connectivity index (χ2v) is 13.8. The molecule has 0 radical (unpaired) electrons. The molecule has 3 aliphatic rings. The monoisotopic (exact) mass is 628 g/mol. The van der Waals surface area contributed by atoms with Gasteiger partial charge in [-0.15, -0.1) is 10.2 Å². The van der Waals surface area contributed by atoms with E-state index in [1.54, 1.807) is 6.07 Å². The summed E-state index contributed by atoms with van der Waals surface area (Å²) in [5.41, 5.74) is 0.383. The first-order valence-corrected chi connectivity index (χ1v) is 16.2. The van der Waals surface area contributed by atoms with Gasteiger partial charge in [0.05, 0.1) is 34.7 Å². The van der Waals surface area contributed by atoms with E-state index in [0.717, 1.165) is 12.1 Å². The molecule has 4 aromatic rings. The molecule has 5 heterocycles. The number of carbonyl (C=O) groups is 1. The lowest BCUT2D eigenvalue weighted by atomic mass is 9.90. The summed E-state index contributed by atoms with van der Waals surface area (Å²) in [7, 11) is -4.08. The van der Waals surface area contributed by atoms with Gasteiger partial charge >= 0.3 is 0 Å². The molecule has 7 rings (SSSR count). The SMILES string of the molecule is N#CC1(NS(=O)(=O)c2ccc3c4c(C5CCN(C(=O)[C@H]6CCOC6)CC5)ncnc4n(-c4nnc(C(F)F)s4)c3c2)CC1. The van der Waals surface area contributed by atoms with Crippen molar-refractivity contribution in [1.82, 2.24) is 34.4 Å². The van der Waals surface area contributed by atoms with Crippen molar-refractivity contribution in [3.8, 4) is 11.2 Å². The van der Waals surface area contributed by atoms with E-state index < -0.39 is 27.0 Å². The number of benzene rings is 1. The number of aromatic nitrogens is 5. The zero-order valence-corrected chi connectivity index (χ0v) is 24.4. The number of likely N-dealkylation sites (tertiary alicyclic amines) is 1. The Kier molecular flexibility index (Phi) is 6.88. The number of alkyl halides is 2. The predicted octanol–water partition coefficient (Wildman–Crippen LogP) is 3.44. The molecule has 1 atom stereocenters. The number of nitrogens with zero attached hydrogens (tertiary/aromatic N) is 7. The molecule has 3 fully saturated rings. The van der Waals surface area contributed by atoms with Gasteiger partial charge in [-0.1, -0.05) is 17.4 Å². The number of ether oxygens (including phenoxy) is 1. The molecule has 12 nitrogen and oxygen atoms in total. The van der Waals surface area contributed by atoms with E-state index in [9.17, 15) is 27.3 Å². The molecule has 2 aliphatic heterocycles. The van der Waals surface area contributed by atoms with Gasteiger partial charge < -0.3 is 9.64 Å². The van der Waals surface area contributed by atoms with Crippen LogP contribution in [0.5, 0.6) is 0 Å². The van der Waals surface area contributed by atoms with Crippen LogP contribution in [0.25, 0.3) is 27.1 Å². The van der Waals surface area contributed by atoms with Crippen molar-refractivity contribution in [3.05, 3.63) is 35.2 Å². The van der Waals surface area contributed by atoms with Crippen molar-refractivity contribution in [2.45, 2.75) is 54.9 Å². The maximum atomic E-state index is 13.5. The van der Waals surface area contributed by atoms with Gasteiger partial charge in [-0.2, -0.15) is 9.98 Å². The number of hydrogen-bond acceptors (Lipinski definition) is 10. The third-order valence-electron chi connectivity index (χ3n) is 8.43. The number of halogens is 2. The van der Waals surface area contributed by atoms with Gasteiger partial charge in [-0.25, -0.2) is 27.2 Å². The summed E-state index contributed by atoms with van der Waals surface area (Å²) in [5.74, 6) is -0.0126. The standard InChI is InChI=1S/C27H26F2N8O4S2/c28-22(29)24-33-34-26(42-24)37-19-11-17(43(39,40)35-27(13-30)6-7-27)1-2-18(19)20-21(31-14-32-23(20)37)15-3-8-36(9-4-15)25(38)16-5-10-41-12-16/h1-2,11,14-16,22,35H,3-10,12H2/t16-/m0/s1. The predicted molar refractivity (Wildman–Crippen MR) is 150 cm³/mol. The van der Waals surface area contributed by atoms with Crippen molar-refractivity contribution in [2.24, 2.45) is 5.92 Å². The fraction of sp³-hybridized carbons (Fsp3) is 0.481. The van der Waals surface area contributed by atoms with Crippen LogP contribution in [0.1, 0.15) is 55.1 Å². The van der Waals surface area contributed by atoms with E-state index in [1.807, 2.05) is 11.0 Å². The molecule has 1 N–H and O–H groups in total. The number of sulfonamides is 1. The number of rotatable bonds is 7. The molecule has 1 aliphatic carbocycles. The normalized spacial score (nSPS) is 20.7. The number of carbonyl (C=O) groups excluding carboxylic acids is 1. The topological polar surface area (TPSA) is 156 Å². The maximum absolute atomic E-state index is 13.5. The number of nitrogens with one attached hydrogen (secondary N) is 1. The highest BCUT2D eigenvalue weighted by molar-refractivity contribution is 7.89. The molecule has 0 bridgehead atoms. The summed E-state index contributed by atoms with van der Waals surface area (Å²) in [6.45, 7) is 2.18. The first kappa shape index (κ1) is 28.1. The summed E-state index contributed by atoms with van der Waals surface area (Å²) in [5, 5.41) is 18.0. The second-order valence-electron chi connectivity index (χ2n) is 11.2. The smallest absolute Gasteiger partial charge is 0.291 e. The first-order chi connectivity index (χ1) is 20.7. The van der Waals surface area contributed by atoms with Gasteiger partial charge in [-0.05, 0) is 44.2 Å². The fourth-order valence-corrected chi connectivity index (χ4v) is 8.06. The molecule has 3 aromatic heterocycles. The van der Waals surface area contributed by atoms with Gasteiger partial charge in [0.15, 0.2) is 10.7 Å². The Morgan fingerprint density at radius 1 is 1.19 bits per heavy atom. The molecular formula is C27H26F2N8O4S2. The fourth-order valence-electron chi connectivity index (χ4n) is 5.95. The Bertz CT molecular complexity index is 1890. The highest BCUT2D eigenvalue weighted by Gasteiger charge is 2.47. The van der Waals surface area contributed by atoms with Crippen molar-refractivity contribution in [1.29, 1.82) is 5.26 Å². The maximum Gasteiger partial charge on any atom is 0.291 e. The van der Waals surface area contributed by atoms with Gasteiger partial charge in [0, 0.05) is 36.4 Å². The van der Waals surface area contributed by atoms with Crippen LogP contribution >= 0.6 is 11.3 Å². The molecule has 16 heteroatoms. The van der Waals surface area contributed by atoms with Gasteiger partial charge in [0.2, 0.25) is 21.1 Å². The van der Waals surface area contributed by atoms with Crippen LogP contribution in [0.3, 0.4) is 0 Å². The summed E-state index contributed by atoms with van der Waals surface area (Å²) in [6.07, 6.45) is 1.48. The van der Waals surface area contributed by atoms with Crippen LogP contribution in [0.15, 0.2) is 29.4 Å². The molecule has 0 unspecified atom stereocenters. The number of piperidine rings is 1. The van der Waals surface area contributed by atoms with Gasteiger partial charge in [0.1, 0.15) is 11.9 Å². The van der Waals surface area contributed by atoms with Gasteiger partial charge in [-0.3, -0.25) is 9.36 Å². The Balaban J connectivity index is 1.31. The van der Waals surface area contributed by atoms with Crippen LogP contribution in [0.2, 0.25) is 0 Å². The Morgan fingerprint density at radius 2 is 1.98 bits per heavy atom. The summed E-state index contributed by atoms with van der Waals surface area (Å²) < 4.78 is 62.9. The lowest BCUT2D eigenvalue weighted by Crippen LogP contribution is -2.41. The largest absolute Gasteiger partial charge is 0.381 e. The number of nitriles is 1. The van der Waals surface area contributed by atoms with E-state index in [1.165, 1.54) is 23.0 Å². The zero-order valence-electron chi connectivity index (χ0n) is 22.7. The molecule has 43 heavy (non-hydrogen) atoms. The minimum Gasteiger partial charge on any atom is -0.381 e. The van der Waals surface area contributed by atoms with Crippen LogP contribution in [0, 0.1) is 17.2 Å². The average molecular weight is 629 g/mol.